The molecule has 0 aliphatic heterocycles. The Balaban J connectivity index is 1.82. The summed E-state index contributed by atoms with van der Waals surface area (Å²) in [5, 5.41) is 25.9. The zero-order valence-electron chi connectivity index (χ0n) is 20.1. The SMILES string of the molecule is CC(=O)NCCc1c([C@H](c2ccc(O)cc2)c2c(O)c3ccccc3n(C)c2=O)[nH]c2ccccc12. The molecule has 3 aromatic carbocycles. The first kappa shape index (κ1) is 23.2. The molecule has 182 valence electrons. The van der Waals surface area contributed by atoms with Crippen LogP contribution in [-0.2, 0) is 18.3 Å². The molecule has 0 unspecified atom stereocenters. The lowest BCUT2D eigenvalue weighted by molar-refractivity contribution is -0.118. The van der Waals surface area contributed by atoms with Crippen molar-refractivity contribution < 1.29 is 15.0 Å². The second-order valence-corrected chi connectivity index (χ2v) is 8.96. The lowest BCUT2D eigenvalue weighted by Gasteiger charge is -2.22. The summed E-state index contributed by atoms with van der Waals surface area (Å²) in [6.45, 7) is 1.90. The number of aryl methyl sites for hydroxylation is 1. The van der Waals surface area contributed by atoms with Gasteiger partial charge in [-0.2, -0.15) is 0 Å². The zero-order chi connectivity index (χ0) is 25.4. The third-order valence-corrected chi connectivity index (χ3v) is 6.71. The van der Waals surface area contributed by atoms with Crippen LogP contribution in [0.2, 0.25) is 0 Å². The van der Waals surface area contributed by atoms with Crippen molar-refractivity contribution >= 4 is 27.7 Å². The highest BCUT2D eigenvalue weighted by atomic mass is 16.3. The van der Waals surface area contributed by atoms with Gasteiger partial charge in [-0.15, -0.1) is 0 Å². The van der Waals surface area contributed by atoms with Crippen molar-refractivity contribution in [3.05, 3.63) is 106 Å². The summed E-state index contributed by atoms with van der Waals surface area (Å²) < 4.78 is 1.55. The number of nitrogens with one attached hydrogen (secondary N) is 2. The van der Waals surface area contributed by atoms with E-state index >= 15 is 0 Å². The number of pyridine rings is 1. The molecule has 0 aliphatic carbocycles. The Bertz CT molecular complexity index is 1650. The third-order valence-electron chi connectivity index (χ3n) is 6.71. The number of H-pyrrole nitrogens is 1. The summed E-state index contributed by atoms with van der Waals surface area (Å²) in [6.07, 6.45) is 0.530. The van der Waals surface area contributed by atoms with Crippen LogP contribution in [0.1, 0.15) is 35.2 Å². The van der Waals surface area contributed by atoms with Crippen LogP contribution >= 0.6 is 0 Å². The van der Waals surface area contributed by atoms with Gasteiger partial charge < -0.3 is 25.1 Å². The van der Waals surface area contributed by atoms with Gasteiger partial charge in [0.1, 0.15) is 11.5 Å². The number of phenolic OH excluding ortho intramolecular Hbond substituents is 1. The van der Waals surface area contributed by atoms with Crippen molar-refractivity contribution in [2.45, 2.75) is 19.3 Å². The molecule has 1 atom stereocenters. The summed E-state index contributed by atoms with van der Waals surface area (Å²) >= 11 is 0. The van der Waals surface area contributed by atoms with E-state index < -0.39 is 5.92 Å². The summed E-state index contributed by atoms with van der Waals surface area (Å²) in [5.74, 6) is -0.727. The van der Waals surface area contributed by atoms with Crippen molar-refractivity contribution in [3.63, 3.8) is 0 Å². The number of phenols is 1. The highest BCUT2D eigenvalue weighted by molar-refractivity contribution is 5.88. The van der Waals surface area contributed by atoms with Crippen molar-refractivity contribution in [1.29, 1.82) is 0 Å². The first-order valence-electron chi connectivity index (χ1n) is 11.8. The van der Waals surface area contributed by atoms with Gasteiger partial charge in [0.25, 0.3) is 5.56 Å². The number of amides is 1. The first-order chi connectivity index (χ1) is 17.4. The smallest absolute Gasteiger partial charge is 0.258 e. The number of hydrogen-bond donors (Lipinski definition) is 4. The van der Waals surface area contributed by atoms with Crippen LogP contribution in [0, 0.1) is 0 Å². The number of fused-ring (bicyclic) bond motifs is 2. The van der Waals surface area contributed by atoms with E-state index in [4.69, 9.17) is 0 Å². The number of hydrogen-bond acceptors (Lipinski definition) is 4. The second kappa shape index (κ2) is 9.26. The van der Waals surface area contributed by atoms with Gasteiger partial charge in [0, 0.05) is 42.5 Å². The minimum Gasteiger partial charge on any atom is -0.508 e. The van der Waals surface area contributed by atoms with E-state index in [0.29, 0.717) is 23.9 Å². The average molecular weight is 482 g/mol. The molecule has 0 radical (unpaired) electrons. The molecular weight excluding hydrogens is 454 g/mol. The van der Waals surface area contributed by atoms with E-state index in [2.05, 4.69) is 10.3 Å². The van der Waals surface area contributed by atoms with Crippen LogP contribution < -0.4 is 10.9 Å². The maximum atomic E-state index is 13.8. The van der Waals surface area contributed by atoms with Crippen LogP contribution in [0.3, 0.4) is 0 Å². The Kier molecular flexibility index (Phi) is 5.98. The lowest BCUT2D eigenvalue weighted by Crippen LogP contribution is -2.26. The van der Waals surface area contributed by atoms with Gasteiger partial charge in [-0.05, 0) is 47.9 Å². The summed E-state index contributed by atoms with van der Waals surface area (Å²) in [7, 11) is 1.70. The predicted octanol–water partition coefficient (Wildman–Crippen LogP) is 4.29. The summed E-state index contributed by atoms with van der Waals surface area (Å²) in [4.78, 5) is 28.8. The Hall–Kier alpha value is -4.52. The van der Waals surface area contributed by atoms with Crippen molar-refractivity contribution in [3.8, 4) is 11.5 Å². The first-order valence-corrected chi connectivity index (χ1v) is 11.8. The molecule has 5 aromatic rings. The summed E-state index contributed by atoms with van der Waals surface area (Å²) in [6, 6.07) is 21.8. The molecular formula is C29H27N3O4. The minimum atomic E-state index is -0.645. The number of benzene rings is 3. The highest BCUT2D eigenvalue weighted by Gasteiger charge is 2.30. The number of aromatic hydroxyl groups is 2. The van der Waals surface area contributed by atoms with E-state index in [0.717, 1.165) is 27.7 Å². The Morgan fingerprint density at radius 3 is 2.36 bits per heavy atom. The molecule has 7 nitrogen and oxygen atoms in total. The van der Waals surface area contributed by atoms with Gasteiger partial charge in [0.2, 0.25) is 5.91 Å². The zero-order valence-corrected chi connectivity index (χ0v) is 20.1. The topological polar surface area (TPSA) is 107 Å². The van der Waals surface area contributed by atoms with E-state index in [-0.39, 0.29) is 28.5 Å². The van der Waals surface area contributed by atoms with E-state index in [9.17, 15) is 19.8 Å². The number of carbonyl (C=O) groups excluding carboxylic acids is 1. The molecule has 0 spiro atoms. The molecule has 0 aliphatic rings. The molecule has 1 amide bonds. The standard InChI is InChI=1S/C29H27N3O4/c1-17(33)30-16-15-21-20-7-3-5-9-23(20)31-27(21)25(18-11-13-19(34)14-12-18)26-28(35)22-8-4-6-10-24(22)32(2)29(26)36/h3-14,25,31,34-35H,15-16H2,1-2H3,(H,30,33)/t25-/m1/s1. The van der Waals surface area contributed by atoms with Crippen LogP contribution in [0.5, 0.6) is 11.5 Å². The van der Waals surface area contributed by atoms with Crippen LogP contribution in [0.4, 0.5) is 0 Å². The molecule has 0 saturated heterocycles. The van der Waals surface area contributed by atoms with Gasteiger partial charge in [0.05, 0.1) is 17.0 Å². The average Bonchev–Trinajstić information content (AvgIpc) is 3.24. The number of rotatable bonds is 6. The van der Waals surface area contributed by atoms with Gasteiger partial charge in [-0.3, -0.25) is 9.59 Å². The van der Waals surface area contributed by atoms with Gasteiger partial charge in [-0.25, -0.2) is 0 Å². The fourth-order valence-electron chi connectivity index (χ4n) is 5.01. The fraction of sp³-hybridized carbons (Fsp3) is 0.172. The Labute approximate surface area is 207 Å². The number of carbonyl (C=O) groups is 1. The molecule has 0 saturated carbocycles. The van der Waals surface area contributed by atoms with Gasteiger partial charge in [-0.1, -0.05) is 42.5 Å². The number of para-hydroxylation sites is 2. The Morgan fingerprint density at radius 2 is 1.64 bits per heavy atom. The van der Waals surface area contributed by atoms with E-state index in [1.807, 2.05) is 36.4 Å². The summed E-state index contributed by atoms with van der Waals surface area (Å²) in [5.41, 5.74) is 3.91. The minimum absolute atomic E-state index is 0.0711. The van der Waals surface area contributed by atoms with Gasteiger partial charge >= 0.3 is 0 Å². The van der Waals surface area contributed by atoms with E-state index in [1.165, 1.54) is 6.92 Å². The highest BCUT2D eigenvalue weighted by Crippen LogP contribution is 2.41. The van der Waals surface area contributed by atoms with Crippen LogP contribution in [0.15, 0.2) is 77.6 Å². The van der Waals surface area contributed by atoms with Crippen molar-refractivity contribution in [1.82, 2.24) is 14.9 Å². The van der Waals surface area contributed by atoms with Crippen LogP contribution in [-0.4, -0.2) is 32.2 Å². The quantitative estimate of drug-likeness (QED) is 0.290. The molecule has 2 heterocycles. The number of aromatic amines is 1. The van der Waals surface area contributed by atoms with Crippen molar-refractivity contribution in [2.75, 3.05) is 6.54 Å². The molecule has 0 fully saturated rings. The lowest BCUT2D eigenvalue weighted by atomic mass is 9.85. The predicted molar refractivity (Wildman–Crippen MR) is 141 cm³/mol. The number of nitrogens with zero attached hydrogens (tertiary/aromatic N) is 1. The van der Waals surface area contributed by atoms with Crippen molar-refractivity contribution in [2.24, 2.45) is 7.05 Å². The second-order valence-electron chi connectivity index (χ2n) is 8.96. The third kappa shape index (κ3) is 3.98. The number of aromatic nitrogens is 2. The van der Waals surface area contributed by atoms with E-state index in [1.54, 1.807) is 48.0 Å². The molecule has 4 N–H and O–H groups in total. The molecule has 5 rings (SSSR count). The largest absolute Gasteiger partial charge is 0.508 e. The maximum absolute atomic E-state index is 13.8. The molecule has 0 bridgehead atoms. The molecule has 36 heavy (non-hydrogen) atoms. The van der Waals surface area contributed by atoms with Crippen LogP contribution in [0.25, 0.3) is 21.8 Å². The Morgan fingerprint density at radius 1 is 0.972 bits per heavy atom. The normalized spacial score (nSPS) is 12.2. The monoisotopic (exact) mass is 481 g/mol. The molecule has 7 heteroatoms. The fourth-order valence-corrected chi connectivity index (χ4v) is 5.01. The maximum Gasteiger partial charge on any atom is 0.258 e. The van der Waals surface area contributed by atoms with Gasteiger partial charge in [0.15, 0.2) is 0 Å². The molecule has 2 aromatic heterocycles.